The van der Waals surface area contributed by atoms with E-state index in [1.165, 1.54) is 5.56 Å². The summed E-state index contributed by atoms with van der Waals surface area (Å²) in [5.74, 6) is 0.587. The third-order valence-corrected chi connectivity index (χ3v) is 4.66. The van der Waals surface area contributed by atoms with Gasteiger partial charge in [-0.15, -0.1) is 0 Å². The van der Waals surface area contributed by atoms with Crippen molar-refractivity contribution in [3.63, 3.8) is 0 Å². The van der Waals surface area contributed by atoms with Crippen LogP contribution in [0, 0.1) is 18.3 Å². The first-order chi connectivity index (χ1) is 9.32. The number of para-hydroxylation sites is 1. The lowest BCUT2D eigenvalue weighted by Gasteiger charge is -2.52. The van der Waals surface area contributed by atoms with E-state index in [9.17, 15) is 0 Å². The van der Waals surface area contributed by atoms with Crippen molar-refractivity contribution in [2.45, 2.75) is 53.2 Å². The summed E-state index contributed by atoms with van der Waals surface area (Å²) in [6, 6.07) is 6.43. The Balaban J connectivity index is 1.99. The van der Waals surface area contributed by atoms with Crippen LogP contribution in [-0.4, -0.2) is 18.8 Å². The summed E-state index contributed by atoms with van der Waals surface area (Å²) in [4.78, 5) is 0. The SMILES string of the molecule is Cc1cccc(Cl)c1NC1CC(OCC(C)C)C1(C)C. The third kappa shape index (κ3) is 3.12. The summed E-state index contributed by atoms with van der Waals surface area (Å²) >= 11 is 6.29. The van der Waals surface area contributed by atoms with Gasteiger partial charge in [0.25, 0.3) is 0 Å². The van der Waals surface area contributed by atoms with Gasteiger partial charge in [0.2, 0.25) is 0 Å². The first-order valence-corrected chi connectivity index (χ1v) is 7.83. The van der Waals surface area contributed by atoms with Gasteiger partial charge in [-0.1, -0.05) is 51.4 Å². The van der Waals surface area contributed by atoms with Gasteiger partial charge in [-0.3, -0.25) is 0 Å². The smallest absolute Gasteiger partial charge is 0.0665 e. The van der Waals surface area contributed by atoms with Crippen LogP contribution in [0.1, 0.15) is 39.7 Å². The van der Waals surface area contributed by atoms with Crippen molar-refractivity contribution >= 4 is 17.3 Å². The van der Waals surface area contributed by atoms with Crippen molar-refractivity contribution in [3.8, 4) is 0 Å². The average Bonchev–Trinajstić information content (AvgIpc) is 2.35. The second-order valence-corrected chi connectivity index (χ2v) is 7.31. The largest absolute Gasteiger partial charge is 0.380 e. The van der Waals surface area contributed by atoms with Crippen molar-refractivity contribution in [2.24, 2.45) is 11.3 Å². The predicted octanol–water partition coefficient (Wildman–Crippen LogP) is 4.90. The predicted molar refractivity (Wildman–Crippen MR) is 86.6 cm³/mol. The van der Waals surface area contributed by atoms with E-state index in [1.54, 1.807) is 0 Å². The van der Waals surface area contributed by atoms with Crippen LogP contribution in [0.5, 0.6) is 0 Å². The van der Waals surface area contributed by atoms with Crippen LogP contribution in [0.3, 0.4) is 0 Å². The first-order valence-electron chi connectivity index (χ1n) is 7.45. The number of rotatable bonds is 5. The number of hydrogen-bond donors (Lipinski definition) is 1. The van der Waals surface area contributed by atoms with E-state index in [0.717, 1.165) is 23.7 Å². The van der Waals surface area contributed by atoms with E-state index in [-0.39, 0.29) is 5.41 Å². The van der Waals surface area contributed by atoms with Crippen LogP contribution in [0.15, 0.2) is 18.2 Å². The Labute approximate surface area is 127 Å². The van der Waals surface area contributed by atoms with Crippen LogP contribution >= 0.6 is 11.6 Å². The van der Waals surface area contributed by atoms with E-state index >= 15 is 0 Å². The van der Waals surface area contributed by atoms with Crippen LogP contribution < -0.4 is 5.32 Å². The Bertz CT molecular complexity index is 450. The minimum atomic E-state index is 0.139. The molecule has 1 aliphatic carbocycles. The highest BCUT2D eigenvalue weighted by molar-refractivity contribution is 6.33. The zero-order valence-corrected chi connectivity index (χ0v) is 13.9. The summed E-state index contributed by atoms with van der Waals surface area (Å²) in [6.45, 7) is 11.8. The standard InChI is InChI=1S/C17H26ClNO/c1-11(2)10-20-15-9-14(17(15,4)5)19-16-12(3)7-6-8-13(16)18/h6-8,11,14-15,19H,9-10H2,1-5H3. The summed E-state index contributed by atoms with van der Waals surface area (Å²) in [5.41, 5.74) is 2.40. The van der Waals surface area contributed by atoms with E-state index in [0.29, 0.717) is 18.1 Å². The summed E-state index contributed by atoms with van der Waals surface area (Å²) in [6.07, 6.45) is 1.38. The number of ether oxygens (including phenoxy) is 1. The van der Waals surface area contributed by atoms with Gasteiger partial charge in [-0.2, -0.15) is 0 Å². The topological polar surface area (TPSA) is 21.3 Å². The van der Waals surface area contributed by atoms with E-state index in [2.05, 4.69) is 46.0 Å². The molecule has 20 heavy (non-hydrogen) atoms. The van der Waals surface area contributed by atoms with Crippen molar-refractivity contribution in [1.29, 1.82) is 0 Å². The molecule has 1 aromatic carbocycles. The zero-order chi connectivity index (χ0) is 14.9. The molecule has 1 N–H and O–H groups in total. The molecule has 2 nitrogen and oxygen atoms in total. The Hall–Kier alpha value is -0.730. The summed E-state index contributed by atoms with van der Waals surface area (Å²) in [7, 11) is 0. The fourth-order valence-electron chi connectivity index (χ4n) is 2.71. The van der Waals surface area contributed by atoms with E-state index in [4.69, 9.17) is 16.3 Å². The lowest BCUT2D eigenvalue weighted by molar-refractivity contribution is -0.108. The lowest BCUT2D eigenvalue weighted by Crippen LogP contribution is -2.58. The summed E-state index contributed by atoms with van der Waals surface area (Å²) in [5, 5.41) is 4.41. The molecule has 2 rings (SSSR count). The molecule has 112 valence electrons. The molecule has 0 radical (unpaired) electrons. The number of hydrogen-bond acceptors (Lipinski definition) is 2. The van der Waals surface area contributed by atoms with Gasteiger partial charge < -0.3 is 10.1 Å². The van der Waals surface area contributed by atoms with Crippen LogP contribution in [0.25, 0.3) is 0 Å². The van der Waals surface area contributed by atoms with E-state index < -0.39 is 0 Å². The van der Waals surface area contributed by atoms with Gasteiger partial charge in [0.05, 0.1) is 16.8 Å². The Morgan fingerprint density at radius 2 is 2.10 bits per heavy atom. The molecule has 0 aromatic heterocycles. The highest BCUT2D eigenvalue weighted by Gasteiger charge is 2.49. The number of benzene rings is 1. The summed E-state index contributed by atoms with van der Waals surface area (Å²) < 4.78 is 6.01. The Morgan fingerprint density at radius 1 is 1.40 bits per heavy atom. The molecule has 0 bridgehead atoms. The van der Waals surface area contributed by atoms with Crippen LogP contribution in [-0.2, 0) is 4.74 Å². The zero-order valence-electron chi connectivity index (χ0n) is 13.2. The molecule has 0 saturated heterocycles. The molecule has 1 aromatic rings. The minimum absolute atomic E-state index is 0.139. The molecule has 2 unspecified atom stereocenters. The Kier molecular flexibility index (Phi) is 4.66. The number of aryl methyl sites for hydroxylation is 1. The highest BCUT2D eigenvalue weighted by atomic mass is 35.5. The van der Waals surface area contributed by atoms with Crippen molar-refractivity contribution in [2.75, 3.05) is 11.9 Å². The Morgan fingerprint density at radius 3 is 2.65 bits per heavy atom. The molecule has 1 fully saturated rings. The fraction of sp³-hybridized carbons (Fsp3) is 0.647. The van der Waals surface area contributed by atoms with Gasteiger partial charge >= 0.3 is 0 Å². The maximum absolute atomic E-state index is 6.29. The molecule has 0 spiro atoms. The molecular formula is C17H26ClNO. The minimum Gasteiger partial charge on any atom is -0.380 e. The fourth-order valence-corrected chi connectivity index (χ4v) is 2.99. The van der Waals surface area contributed by atoms with Gasteiger partial charge in [0.15, 0.2) is 0 Å². The highest BCUT2D eigenvalue weighted by Crippen LogP contribution is 2.45. The normalized spacial score (nSPS) is 24.6. The van der Waals surface area contributed by atoms with Crippen molar-refractivity contribution in [3.05, 3.63) is 28.8 Å². The van der Waals surface area contributed by atoms with Gasteiger partial charge in [0, 0.05) is 18.1 Å². The molecule has 3 heteroatoms. The number of anilines is 1. The number of halogens is 1. The average molecular weight is 296 g/mol. The third-order valence-electron chi connectivity index (χ3n) is 4.35. The quantitative estimate of drug-likeness (QED) is 0.834. The van der Waals surface area contributed by atoms with Gasteiger partial charge in [-0.25, -0.2) is 0 Å². The number of nitrogens with one attached hydrogen (secondary N) is 1. The van der Waals surface area contributed by atoms with Crippen molar-refractivity contribution in [1.82, 2.24) is 0 Å². The molecule has 0 amide bonds. The molecular weight excluding hydrogens is 270 g/mol. The van der Waals surface area contributed by atoms with Gasteiger partial charge in [0.1, 0.15) is 0 Å². The second-order valence-electron chi connectivity index (χ2n) is 6.90. The second kappa shape index (κ2) is 5.95. The molecule has 1 saturated carbocycles. The molecule has 2 atom stereocenters. The maximum Gasteiger partial charge on any atom is 0.0665 e. The van der Waals surface area contributed by atoms with E-state index in [1.807, 2.05) is 12.1 Å². The van der Waals surface area contributed by atoms with Crippen molar-refractivity contribution < 1.29 is 4.74 Å². The first kappa shape index (κ1) is 15.7. The molecule has 0 heterocycles. The molecule has 1 aliphatic rings. The van der Waals surface area contributed by atoms with Crippen LogP contribution in [0.4, 0.5) is 5.69 Å². The molecule has 0 aliphatic heterocycles. The van der Waals surface area contributed by atoms with Gasteiger partial charge in [-0.05, 0) is 30.9 Å². The van der Waals surface area contributed by atoms with Crippen LogP contribution in [0.2, 0.25) is 5.02 Å². The maximum atomic E-state index is 6.29. The monoisotopic (exact) mass is 295 g/mol. The lowest BCUT2D eigenvalue weighted by atomic mass is 9.64.